The molecule has 2 aromatic carbocycles. The predicted molar refractivity (Wildman–Crippen MR) is 168 cm³/mol. The second-order valence-corrected chi connectivity index (χ2v) is 12.5. The number of benzene rings is 2. The van der Waals surface area contributed by atoms with E-state index in [0.717, 1.165) is 17.8 Å². The lowest BCUT2D eigenvalue weighted by Gasteiger charge is -2.23. The van der Waals surface area contributed by atoms with Gasteiger partial charge >= 0.3 is 12.1 Å². The molecule has 1 fully saturated rings. The normalized spacial score (nSPS) is 17.0. The molecule has 0 saturated carbocycles. The number of aliphatic carboxylic acids is 1. The quantitative estimate of drug-likeness (QED) is 0.0874. The molecule has 0 bridgehead atoms. The highest BCUT2D eigenvalue weighted by Crippen LogP contribution is 2.36. The Morgan fingerprint density at radius 3 is 2.63 bits per heavy atom. The van der Waals surface area contributed by atoms with Gasteiger partial charge in [-0.05, 0) is 68.8 Å². The van der Waals surface area contributed by atoms with Crippen LogP contribution in [0.15, 0.2) is 59.1 Å². The number of nitrogens with one attached hydrogen (secondary N) is 2. The number of carbonyl (C=O) groups is 1. The molecule has 0 amide bonds. The lowest BCUT2D eigenvalue weighted by atomic mass is 9.92. The molecule has 236 valence electrons. The number of rotatable bonds is 9. The number of thiazole rings is 2. The molecule has 1 aliphatic heterocycles. The fourth-order valence-electron chi connectivity index (χ4n) is 5.55. The molecule has 0 radical (unpaired) electrons. The summed E-state index contributed by atoms with van der Waals surface area (Å²) < 4.78 is 58.8. The molecule has 1 atom stereocenters. The van der Waals surface area contributed by atoms with Gasteiger partial charge in [0.1, 0.15) is 33.0 Å². The van der Waals surface area contributed by atoms with Crippen LogP contribution in [0.3, 0.4) is 0 Å². The van der Waals surface area contributed by atoms with Crippen LogP contribution in [0.1, 0.15) is 35.9 Å². The minimum atomic E-state index is -4.86. The van der Waals surface area contributed by atoms with Gasteiger partial charge in [0.05, 0.1) is 5.69 Å². The van der Waals surface area contributed by atoms with Gasteiger partial charge < -0.3 is 15.0 Å². The number of aromatic nitrogens is 3. The Bertz CT molecular complexity index is 2000. The Labute approximate surface area is 267 Å². The van der Waals surface area contributed by atoms with Crippen molar-refractivity contribution in [3.05, 3.63) is 76.0 Å². The third kappa shape index (κ3) is 5.98. The van der Waals surface area contributed by atoms with Crippen LogP contribution in [0.2, 0.25) is 0 Å². The molecule has 3 aromatic heterocycles. The highest BCUT2D eigenvalue weighted by atomic mass is 32.1. The van der Waals surface area contributed by atoms with Crippen LogP contribution in [0.25, 0.3) is 32.7 Å². The SMILES string of the molecule is CCn1cc(/C(=N/Nc2nc(-c3ccc(F)cc3)c(C#N)s2)C(F)(F)F)c2cc(-c3nc(C[C@@]4(C(=O)O)CCCN4)cs3)ccc21. The van der Waals surface area contributed by atoms with Gasteiger partial charge in [0.2, 0.25) is 5.13 Å². The van der Waals surface area contributed by atoms with E-state index in [0.29, 0.717) is 52.2 Å². The van der Waals surface area contributed by atoms with E-state index < -0.39 is 29.2 Å². The number of halogens is 4. The maximum absolute atomic E-state index is 14.6. The van der Waals surface area contributed by atoms with Crippen molar-refractivity contribution in [2.75, 3.05) is 12.0 Å². The van der Waals surface area contributed by atoms with Gasteiger partial charge in [0.25, 0.3) is 0 Å². The Morgan fingerprint density at radius 2 is 1.98 bits per heavy atom. The molecule has 1 saturated heterocycles. The van der Waals surface area contributed by atoms with Crippen molar-refractivity contribution >= 4 is 50.4 Å². The van der Waals surface area contributed by atoms with E-state index in [9.17, 15) is 32.7 Å². The monoisotopic (exact) mass is 667 g/mol. The minimum Gasteiger partial charge on any atom is -0.480 e. The lowest BCUT2D eigenvalue weighted by molar-refractivity contribution is -0.144. The number of fused-ring (bicyclic) bond motifs is 1. The van der Waals surface area contributed by atoms with Crippen molar-refractivity contribution in [3.63, 3.8) is 0 Å². The molecule has 3 N–H and O–H groups in total. The van der Waals surface area contributed by atoms with Crippen LogP contribution in [0.4, 0.5) is 22.7 Å². The van der Waals surface area contributed by atoms with Gasteiger partial charge in [-0.2, -0.15) is 23.5 Å². The highest BCUT2D eigenvalue weighted by molar-refractivity contribution is 7.16. The van der Waals surface area contributed by atoms with Gasteiger partial charge in [-0.25, -0.2) is 14.4 Å². The first-order chi connectivity index (χ1) is 22.0. The average molecular weight is 668 g/mol. The molecule has 9 nitrogen and oxygen atoms in total. The lowest BCUT2D eigenvalue weighted by Crippen LogP contribution is -2.49. The number of hydrazone groups is 1. The molecule has 0 unspecified atom stereocenters. The van der Waals surface area contributed by atoms with Crippen molar-refractivity contribution in [2.45, 2.75) is 44.4 Å². The zero-order valence-electron chi connectivity index (χ0n) is 24.2. The van der Waals surface area contributed by atoms with Gasteiger partial charge in [-0.3, -0.25) is 10.2 Å². The summed E-state index contributed by atoms with van der Waals surface area (Å²) in [6, 6.07) is 12.4. The summed E-state index contributed by atoms with van der Waals surface area (Å²) >= 11 is 2.12. The van der Waals surface area contributed by atoms with Crippen LogP contribution in [0, 0.1) is 17.1 Å². The van der Waals surface area contributed by atoms with E-state index in [-0.39, 0.29) is 27.7 Å². The second-order valence-electron chi connectivity index (χ2n) is 10.7. The molecule has 0 aliphatic carbocycles. The maximum Gasteiger partial charge on any atom is 0.435 e. The molecule has 4 heterocycles. The second kappa shape index (κ2) is 12.3. The number of aryl methyl sites for hydroxylation is 1. The number of hydrogen-bond donors (Lipinski definition) is 3. The third-order valence-corrected chi connectivity index (χ3v) is 9.59. The fourth-order valence-corrected chi connectivity index (χ4v) is 7.10. The maximum atomic E-state index is 14.6. The van der Waals surface area contributed by atoms with E-state index in [1.807, 2.05) is 13.0 Å². The summed E-state index contributed by atoms with van der Waals surface area (Å²) in [6.07, 6.45) is -2.05. The summed E-state index contributed by atoms with van der Waals surface area (Å²) in [5.74, 6) is -1.42. The first-order valence-corrected chi connectivity index (χ1v) is 15.8. The number of alkyl halides is 3. The number of anilines is 1. The van der Waals surface area contributed by atoms with Crippen LogP contribution in [0.5, 0.6) is 0 Å². The van der Waals surface area contributed by atoms with Crippen LogP contribution in [-0.4, -0.2) is 49.6 Å². The Balaban J connectivity index is 1.36. The van der Waals surface area contributed by atoms with E-state index in [4.69, 9.17) is 0 Å². The molecule has 15 heteroatoms. The summed E-state index contributed by atoms with van der Waals surface area (Å²) in [5, 5.41) is 28.8. The molecule has 6 rings (SSSR count). The smallest absolute Gasteiger partial charge is 0.435 e. The van der Waals surface area contributed by atoms with Crippen molar-refractivity contribution in [1.29, 1.82) is 5.26 Å². The standard InChI is InChI=1S/C31H25F4N7O2S2/c1-2-42-15-22(26(31(33,34)35)40-41-29-39-25(24(14-36)46-29)17-4-7-19(32)8-5-17)21-12-18(6-9-23(21)42)27-38-20(16-45-27)13-30(28(43)44)10-3-11-37-30/h4-9,12,15-16,37H,2-3,10-11,13H2,1H3,(H,39,41)(H,43,44)/b40-26-/t30-/m1/s1. The van der Waals surface area contributed by atoms with E-state index in [2.05, 4.69) is 25.8 Å². The fraction of sp³-hybridized carbons (Fsp3) is 0.258. The number of nitriles is 1. The predicted octanol–water partition coefficient (Wildman–Crippen LogP) is 7.05. The Hall–Kier alpha value is -4.65. The zero-order chi connectivity index (χ0) is 32.6. The van der Waals surface area contributed by atoms with Crippen LogP contribution < -0.4 is 10.7 Å². The summed E-state index contributed by atoms with van der Waals surface area (Å²) in [6.45, 7) is 2.82. The van der Waals surface area contributed by atoms with Gasteiger partial charge in [-0.1, -0.05) is 11.3 Å². The summed E-state index contributed by atoms with van der Waals surface area (Å²) in [5.41, 5.74) is 2.33. The Morgan fingerprint density at radius 1 is 1.22 bits per heavy atom. The first kappa shape index (κ1) is 31.3. The molecular weight excluding hydrogens is 643 g/mol. The minimum absolute atomic E-state index is 0.0382. The molecule has 1 aliphatic rings. The third-order valence-electron chi connectivity index (χ3n) is 7.79. The van der Waals surface area contributed by atoms with Gasteiger partial charge in [0, 0.05) is 52.1 Å². The first-order valence-electron chi connectivity index (χ1n) is 14.2. The summed E-state index contributed by atoms with van der Waals surface area (Å²) in [4.78, 5) is 21.0. The number of hydrogen-bond acceptors (Lipinski definition) is 9. The molecular formula is C31H25F4N7O2S2. The van der Waals surface area contributed by atoms with Crippen LogP contribution in [-0.2, 0) is 17.8 Å². The molecule has 5 aromatic rings. The number of carboxylic acid groups (broad SMARTS) is 1. The zero-order valence-corrected chi connectivity index (χ0v) is 25.8. The highest BCUT2D eigenvalue weighted by Gasteiger charge is 2.42. The van der Waals surface area contributed by atoms with E-state index in [1.54, 1.807) is 28.1 Å². The van der Waals surface area contributed by atoms with E-state index in [1.165, 1.54) is 41.8 Å². The number of nitrogens with zero attached hydrogens (tertiary/aromatic N) is 5. The Kier molecular flexibility index (Phi) is 8.36. The van der Waals surface area contributed by atoms with Crippen molar-refractivity contribution in [1.82, 2.24) is 19.9 Å². The van der Waals surface area contributed by atoms with Gasteiger partial charge in [0.15, 0.2) is 5.71 Å². The molecule has 46 heavy (non-hydrogen) atoms. The van der Waals surface area contributed by atoms with Crippen molar-refractivity contribution in [2.24, 2.45) is 5.10 Å². The topological polar surface area (TPSA) is 128 Å². The van der Waals surface area contributed by atoms with Crippen LogP contribution >= 0.6 is 22.7 Å². The number of carboxylic acids is 1. The van der Waals surface area contributed by atoms with E-state index >= 15 is 0 Å². The van der Waals surface area contributed by atoms with Gasteiger partial charge in [-0.15, -0.1) is 11.3 Å². The van der Waals surface area contributed by atoms with Crippen molar-refractivity contribution in [3.8, 4) is 27.9 Å². The summed E-state index contributed by atoms with van der Waals surface area (Å²) in [7, 11) is 0. The average Bonchev–Trinajstić information content (AvgIpc) is 3.83. The van der Waals surface area contributed by atoms with Crippen molar-refractivity contribution < 1.29 is 27.5 Å². The largest absolute Gasteiger partial charge is 0.480 e. The molecule has 0 spiro atoms.